The number of thioether (sulfide) groups is 1. The van der Waals surface area contributed by atoms with Gasteiger partial charge < -0.3 is 14.5 Å². The van der Waals surface area contributed by atoms with Gasteiger partial charge in [0.25, 0.3) is 0 Å². The van der Waals surface area contributed by atoms with Crippen molar-refractivity contribution in [1.82, 2.24) is 10.2 Å². The molecule has 3 aromatic rings. The van der Waals surface area contributed by atoms with Crippen LogP contribution < -0.4 is 10.9 Å². The lowest BCUT2D eigenvalue weighted by Gasteiger charge is -2.33. The van der Waals surface area contributed by atoms with Crippen molar-refractivity contribution in [1.29, 1.82) is 0 Å². The van der Waals surface area contributed by atoms with Crippen LogP contribution in [0.3, 0.4) is 0 Å². The van der Waals surface area contributed by atoms with Crippen LogP contribution in [-0.4, -0.2) is 48.9 Å². The molecule has 0 unspecified atom stereocenters. The minimum absolute atomic E-state index is 0.0731. The van der Waals surface area contributed by atoms with Gasteiger partial charge in [0.05, 0.1) is 28.5 Å². The van der Waals surface area contributed by atoms with Gasteiger partial charge >= 0.3 is 5.63 Å². The average Bonchev–Trinajstić information content (AvgIpc) is 2.78. The molecule has 1 aliphatic heterocycles. The molecule has 1 aromatic heterocycles. The van der Waals surface area contributed by atoms with Gasteiger partial charge in [-0.25, -0.2) is 4.79 Å². The largest absolute Gasteiger partial charge is 0.423 e. The molecule has 33 heavy (non-hydrogen) atoms. The summed E-state index contributed by atoms with van der Waals surface area (Å²) < 4.78 is 11.1. The minimum atomic E-state index is -0.374. The van der Waals surface area contributed by atoms with Gasteiger partial charge in [0.2, 0.25) is 5.91 Å². The van der Waals surface area contributed by atoms with E-state index in [4.69, 9.17) is 32.4 Å². The van der Waals surface area contributed by atoms with E-state index in [1.54, 1.807) is 12.1 Å². The molecule has 2 heterocycles. The van der Waals surface area contributed by atoms with Crippen LogP contribution in [0.4, 0.5) is 0 Å². The van der Waals surface area contributed by atoms with Gasteiger partial charge in [-0.1, -0.05) is 29.3 Å². The van der Waals surface area contributed by atoms with Crippen LogP contribution in [0.5, 0.6) is 0 Å². The normalized spacial score (nSPS) is 16.8. The molecule has 6 nitrogen and oxygen atoms in total. The monoisotopic (exact) mass is 506 g/mol. The van der Waals surface area contributed by atoms with E-state index in [1.807, 2.05) is 31.2 Å². The van der Waals surface area contributed by atoms with Gasteiger partial charge in [-0.15, -0.1) is 11.8 Å². The van der Waals surface area contributed by atoms with Crippen LogP contribution in [0.25, 0.3) is 11.0 Å². The van der Waals surface area contributed by atoms with Crippen molar-refractivity contribution in [3.8, 4) is 0 Å². The third-order valence-electron chi connectivity index (χ3n) is 5.43. The Bertz CT molecular complexity index is 1220. The number of aryl methyl sites for hydroxylation is 1. The van der Waals surface area contributed by atoms with E-state index in [0.29, 0.717) is 28.8 Å². The van der Waals surface area contributed by atoms with E-state index in [9.17, 15) is 9.59 Å². The van der Waals surface area contributed by atoms with Gasteiger partial charge in [-0.05, 0) is 48.4 Å². The molecule has 0 saturated carbocycles. The van der Waals surface area contributed by atoms with E-state index in [1.165, 1.54) is 17.8 Å². The summed E-state index contributed by atoms with van der Waals surface area (Å²) in [6.07, 6.45) is -0.0756. The topological polar surface area (TPSA) is 71.8 Å². The lowest BCUT2D eigenvalue weighted by atomic mass is 10.1. The maximum absolute atomic E-state index is 12.4. The van der Waals surface area contributed by atoms with Gasteiger partial charge in [0, 0.05) is 42.5 Å². The van der Waals surface area contributed by atoms with E-state index in [0.717, 1.165) is 41.0 Å². The zero-order valence-electron chi connectivity index (χ0n) is 18.1. The third kappa shape index (κ3) is 6.52. The number of morpholine rings is 1. The first-order valence-electron chi connectivity index (χ1n) is 10.6. The predicted octanol–water partition coefficient (Wildman–Crippen LogP) is 4.52. The van der Waals surface area contributed by atoms with Crippen molar-refractivity contribution in [3.05, 3.63) is 74.1 Å². The van der Waals surface area contributed by atoms with Crippen LogP contribution in [0.1, 0.15) is 11.1 Å². The van der Waals surface area contributed by atoms with Gasteiger partial charge in [-0.3, -0.25) is 9.69 Å². The number of rotatable bonds is 7. The van der Waals surface area contributed by atoms with E-state index >= 15 is 0 Å². The molecule has 1 fully saturated rings. The van der Waals surface area contributed by atoms with Crippen LogP contribution in [0.2, 0.25) is 10.0 Å². The summed E-state index contributed by atoms with van der Waals surface area (Å²) in [5.74, 6) is 0.192. The first-order valence-corrected chi connectivity index (χ1v) is 12.3. The molecule has 0 bridgehead atoms. The number of carbonyl (C=O) groups excluding carboxylic acids is 1. The molecular formula is C24H24Cl2N2O4S. The van der Waals surface area contributed by atoms with Crippen molar-refractivity contribution in [2.75, 3.05) is 32.0 Å². The van der Waals surface area contributed by atoms with Crippen molar-refractivity contribution < 1.29 is 13.9 Å². The zero-order valence-corrected chi connectivity index (χ0v) is 20.4. The molecular weight excluding hydrogens is 483 g/mol. The number of ether oxygens (including phenoxy) is 1. The van der Waals surface area contributed by atoms with Crippen LogP contribution >= 0.6 is 35.0 Å². The first kappa shape index (κ1) is 24.1. The highest BCUT2D eigenvalue weighted by atomic mass is 35.5. The standard InChI is InChI=1S/C24H24Cl2N2O4S/c1-15-8-24(30)32-22-10-18(3-4-19(15)22)33-14-23(29)27-11-17-13-28(6-7-31-17)12-16-2-5-20(25)21(26)9-16/h2-5,8-10,17H,6-7,11-14H2,1H3,(H,27,29)/t17-/m0/s1. The van der Waals surface area contributed by atoms with Crippen molar-refractivity contribution in [3.63, 3.8) is 0 Å². The summed E-state index contributed by atoms with van der Waals surface area (Å²) in [6, 6.07) is 12.8. The fourth-order valence-corrected chi connectivity index (χ4v) is 4.84. The molecule has 1 atom stereocenters. The van der Waals surface area contributed by atoms with Crippen LogP contribution in [0, 0.1) is 6.92 Å². The van der Waals surface area contributed by atoms with E-state index < -0.39 is 0 Å². The van der Waals surface area contributed by atoms with Crippen LogP contribution in [-0.2, 0) is 16.1 Å². The minimum Gasteiger partial charge on any atom is -0.423 e. The number of carbonyl (C=O) groups is 1. The summed E-state index contributed by atoms with van der Waals surface area (Å²) in [7, 11) is 0. The Morgan fingerprint density at radius 3 is 2.85 bits per heavy atom. The number of amides is 1. The average molecular weight is 507 g/mol. The van der Waals surface area contributed by atoms with Crippen molar-refractivity contribution in [2.45, 2.75) is 24.5 Å². The Kier molecular flexibility index (Phi) is 7.98. The maximum atomic E-state index is 12.4. The Morgan fingerprint density at radius 2 is 2.03 bits per heavy atom. The summed E-state index contributed by atoms with van der Waals surface area (Å²) >= 11 is 13.5. The van der Waals surface area contributed by atoms with Crippen molar-refractivity contribution >= 4 is 51.8 Å². The molecule has 2 aromatic carbocycles. The molecule has 0 aliphatic carbocycles. The van der Waals surface area contributed by atoms with Gasteiger partial charge in [-0.2, -0.15) is 0 Å². The summed E-state index contributed by atoms with van der Waals surface area (Å²) in [6.45, 7) is 5.22. The van der Waals surface area contributed by atoms with Gasteiger partial charge in [0.1, 0.15) is 5.58 Å². The predicted molar refractivity (Wildman–Crippen MR) is 132 cm³/mol. The summed E-state index contributed by atoms with van der Waals surface area (Å²) in [5.41, 5.74) is 2.12. The van der Waals surface area contributed by atoms with Gasteiger partial charge in [0.15, 0.2) is 0 Å². The second-order valence-corrected chi connectivity index (χ2v) is 9.84. The number of fused-ring (bicyclic) bond motifs is 1. The molecule has 0 spiro atoms. The zero-order chi connectivity index (χ0) is 23.4. The van der Waals surface area contributed by atoms with E-state index in [-0.39, 0.29) is 23.4 Å². The second-order valence-electron chi connectivity index (χ2n) is 7.98. The Morgan fingerprint density at radius 1 is 1.18 bits per heavy atom. The number of nitrogens with zero attached hydrogens (tertiary/aromatic N) is 1. The Balaban J connectivity index is 1.25. The number of hydrogen-bond acceptors (Lipinski definition) is 6. The number of benzene rings is 2. The fourth-order valence-electron chi connectivity index (χ4n) is 3.77. The smallest absolute Gasteiger partial charge is 0.336 e. The molecule has 0 radical (unpaired) electrons. The highest BCUT2D eigenvalue weighted by Gasteiger charge is 2.21. The first-order chi connectivity index (χ1) is 15.9. The number of nitrogens with one attached hydrogen (secondary N) is 1. The summed E-state index contributed by atoms with van der Waals surface area (Å²) in [5, 5.41) is 4.94. The van der Waals surface area contributed by atoms with E-state index in [2.05, 4.69) is 10.2 Å². The molecule has 1 aliphatic rings. The summed E-state index contributed by atoms with van der Waals surface area (Å²) in [4.78, 5) is 27.1. The third-order valence-corrected chi connectivity index (χ3v) is 7.17. The fraction of sp³-hybridized carbons (Fsp3) is 0.333. The lowest BCUT2D eigenvalue weighted by molar-refractivity contribution is -0.119. The highest BCUT2D eigenvalue weighted by Crippen LogP contribution is 2.25. The molecule has 1 saturated heterocycles. The molecule has 9 heteroatoms. The molecule has 1 N–H and O–H groups in total. The Labute approximate surface area is 206 Å². The number of hydrogen-bond donors (Lipinski definition) is 1. The van der Waals surface area contributed by atoms with Crippen LogP contribution in [0.15, 0.2) is 56.6 Å². The maximum Gasteiger partial charge on any atom is 0.336 e. The molecule has 1 amide bonds. The van der Waals surface area contributed by atoms with Crippen molar-refractivity contribution in [2.24, 2.45) is 0 Å². The molecule has 174 valence electrons. The number of halogens is 2. The highest BCUT2D eigenvalue weighted by molar-refractivity contribution is 8.00. The lowest BCUT2D eigenvalue weighted by Crippen LogP contribution is -2.47. The molecule has 4 rings (SSSR count). The second kappa shape index (κ2) is 10.9. The Hall–Kier alpha value is -2.03. The SMILES string of the molecule is Cc1cc(=O)oc2cc(SCC(=O)NC[C@H]3CN(Cc4ccc(Cl)c(Cl)c4)CCO3)ccc12. The quantitative estimate of drug-likeness (QED) is 0.375.